The average Bonchev–Trinajstić information content (AvgIpc) is 2.98. The maximum Gasteiger partial charge on any atom is 0.351 e. The highest BCUT2D eigenvalue weighted by atomic mass is 31.2. The maximum absolute atomic E-state index is 11.1. The molecule has 22 heavy (non-hydrogen) atoms. The zero-order valence-electron chi connectivity index (χ0n) is 11.3. The summed E-state index contributed by atoms with van der Waals surface area (Å²) in [5, 5.41) is 23.2. The number of rotatable bonds is 4. The zero-order valence-corrected chi connectivity index (χ0v) is 12.2. The molecule has 0 bridgehead atoms. The van der Waals surface area contributed by atoms with Crippen molar-refractivity contribution in [3.63, 3.8) is 0 Å². The minimum atomic E-state index is -4.46. The lowest BCUT2D eigenvalue weighted by Gasteiger charge is -2.13. The summed E-state index contributed by atoms with van der Waals surface area (Å²) in [5.74, 6) is -1.17. The summed E-state index contributed by atoms with van der Waals surface area (Å²) in [6.45, 7) is 1.18. The van der Waals surface area contributed by atoms with E-state index in [1.54, 1.807) is 0 Å². The lowest BCUT2D eigenvalue weighted by molar-refractivity contribution is -0.0347. The second kappa shape index (κ2) is 5.88. The molecule has 11 nitrogen and oxygen atoms in total. The molecule has 0 saturated carbocycles. The number of aromatic nitrogens is 3. The van der Waals surface area contributed by atoms with E-state index in [0.29, 0.717) is 0 Å². The number of nitrogens with zero attached hydrogens (tertiary/aromatic N) is 3. The Bertz CT molecular complexity index is 653. The molecule has 4 atom stereocenters. The Morgan fingerprint density at radius 1 is 1.45 bits per heavy atom. The van der Waals surface area contributed by atoms with Crippen LogP contribution in [-0.4, -0.2) is 59.0 Å². The highest BCUT2D eigenvalue weighted by molar-refractivity contribution is 7.56. The molecule has 6 N–H and O–H groups in total. The molecule has 1 aliphatic heterocycles. The first-order valence-electron chi connectivity index (χ1n) is 6.08. The number of nitrogens with two attached hydrogens (primary N) is 1. The molecule has 0 spiro atoms. The minimum absolute atomic E-state index is 0.296. The number of aliphatic hydroxyl groups is 2. The molecule has 2 rings (SSSR count). The van der Waals surface area contributed by atoms with Crippen LogP contribution in [0, 0.1) is 0 Å². The van der Waals surface area contributed by atoms with Crippen molar-refractivity contribution in [1.82, 2.24) is 14.8 Å². The molecule has 12 heteroatoms. The van der Waals surface area contributed by atoms with Crippen LogP contribution < -0.4 is 5.73 Å². The van der Waals surface area contributed by atoms with Crippen LogP contribution in [0.25, 0.3) is 0 Å². The molecular formula is C10H15N4O7P. The maximum atomic E-state index is 11.1. The molecule has 2 unspecified atom stereocenters. The molecule has 122 valence electrons. The normalized spacial score (nSPS) is 29.8. The third kappa shape index (κ3) is 3.24. The van der Waals surface area contributed by atoms with E-state index in [2.05, 4.69) is 10.1 Å². The summed E-state index contributed by atoms with van der Waals surface area (Å²) >= 11 is 0. The largest absolute Gasteiger partial charge is 0.387 e. The quantitative estimate of drug-likeness (QED) is 0.392. The zero-order chi connectivity index (χ0) is 16.7. The van der Waals surface area contributed by atoms with Gasteiger partial charge in [-0.05, 0) is 13.0 Å². The van der Waals surface area contributed by atoms with Gasteiger partial charge < -0.3 is 30.5 Å². The van der Waals surface area contributed by atoms with Crippen molar-refractivity contribution in [3.05, 3.63) is 23.5 Å². The summed E-state index contributed by atoms with van der Waals surface area (Å²) < 4.78 is 17.4. The van der Waals surface area contributed by atoms with Crippen LogP contribution >= 0.6 is 7.60 Å². The Balaban J connectivity index is 2.23. The van der Waals surface area contributed by atoms with E-state index < -0.39 is 38.0 Å². The van der Waals surface area contributed by atoms with Gasteiger partial charge in [0, 0.05) is 5.31 Å². The predicted molar refractivity (Wildman–Crippen MR) is 70.3 cm³/mol. The minimum Gasteiger partial charge on any atom is -0.387 e. The topological polar surface area (TPSA) is 181 Å². The Labute approximate surface area is 124 Å². The number of hydrogen-bond donors (Lipinski definition) is 5. The molecular weight excluding hydrogens is 319 g/mol. The van der Waals surface area contributed by atoms with E-state index in [1.165, 1.54) is 6.92 Å². The molecule has 1 aromatic heterocycles. The van der Waals surface area contributed by atoms with E-state index in [9.17, 15) is 19.6 Å². The third-order valence-corrected chi connectivity index (χ3v) is 4.20. The van der Waals surface area contributed by atoms with Crippen molar-refractivity contribution < 1.29 is 34.1 Å². The molecule has 0 aliphatic carbocycles. The van der Waals surface area contributed by atoms with Crippen molar-refractivity contribution in [2.75, 3.05) is 0 Å². The van der Waals surface area contributed by atoms with E-state index in [0.717, 1.165) is 17.1 Å². The standard InChI is InChI=1S/C10H15N4O7P/c1-4(22(18,19)20)2-5-6(15)7(16)10(21-5)14-3-12-9(13-14)8(11)17/h2-3,5-7,10,15-16H,1H3,(H2,11,17)(H2,18,19,20)/b4-2+/t5?,6-,7-,10?/m1/s1. The summed E-state index contributed by atoms with van der Waals surface area (Å²) in [6, 6.07) is 0. The number of carbonyl (C=O) groups excluding carboxylic acids is 1. The summed E-state index contributed by atoms with van der Waals surface area (Å²) in [7, 11) is -4.46. The SMILES string of the molecule is C/C(=C\C1OC(n2cnc(C(N)=O)n2)[C@H](O)[C@@H]1O)P(=O)(O)O. The van der Waals surface area contributed by atoms with Crippen molar-refractivity contribution >= 4 is 13.5 Å². The lowest BCUT2D eigenvalue weighted by Crippen LogP contribution is -2.31. The fraction of sp³-hybridized carbons (Fsp3) is 0.500. The van der Waals surface area contributed by atoms with Gasteiger partial charge in [0.2, 0.25) is 5.82 Å². The third-order valence-electron chi connectivity index (χ3n) is 3.13. The number of allylic oxidation sites excluding steroid dienone is 1. The lowest BCUT2D eigenvalue weighted by atomic mass is 10.1. The van der Waals surface area contributed by atoms with Gasteiger partial charge in [-0.1, -0.05) is 0 Å². The molecule has 0 radical (unpaired) electrons. The molecule has 1 amide bonds. The van der Waals surface area contributed by atoms with Gasteiger partial charge in [-0.3, -0.25) is 9.36 Å². The first kappa shape index (κ1) is 16.7. The highest BCUT2D eigenvalue weighted by Crippen LogP contribution is 2.45. The smallest absolute Gasteiger partial charge is 0.351 e. The fourth-order valence-corrected chi connectivity index (χ4v) is 2.23. The van der Waals surface area contributed by atoms with Gasteiger partial charge >= 0.3 is 7.60 Å². The number of hydrogen-bond acceptors (Lipinski definition) is 7. The first-order chi connectivity index (χ1) is 10.1. The van der Waals surface area contributed by atoms with Crippen molar-refractivity contribution in [3.8, 4) is 0 Å². The van der Waals surface area contributed by atoms with Gasteiger partial charge in [-0.25, -0.2) is 9.67 Å². The highest BCUT2D eigenvalue weighted by Gasteiger charge is 2.44. The van der Waals surface area contributed by atoms with Crippen LogP contribution in [0.15, 0.2) is 17.7 Å². The van der Waals surface area contributed by atoms with Crippen molar-refractivity contribution in [2.24, 2.45) is 5.73 Å². The van der Waals surface area contributed by atoms with E-state index >= 15 is 0 Å². The molecule has 0 aromatic carbocycles. The number of aliphatic hydroxyl groups excluding tert-OH is 2. The Kier molecular flexibility index (Phi) is 4.47. The fourth-order valence-electron chi connectivity index (χ4n) is 1.89. The van der Waals surface area contributed by atoms with E-state index in [4.69, 9.17) is 20.3 Å². The van der Waals surface area contributed by atoms with Crippen LogP contribution in [0.1, 0.15) is 23.8 Å². The molecule has 1 saturated heterocycles. The van der Waals surface area contributed by atoms with Gasteiger partial charge in [-0.2, -0.15) is 0 Å². The molecule has 1 fully saturated rings. The van der Waals surface area contributed by atoms with Crippen molar-refractivity contribution in [2.45, 2.75) is 31.5 Å². The summed E-state index contributed by atoms with van der Waals surface area (Å²) in [6.07, 6.45) is -3.10. The Morgan fingerprint density at radius 2 is 2.09 bits per heavy atom. The number of amides is 1. The van der Waals surface area contributed by atoms with Crippen LogP contribution in [0.2, 0.25) is 0 Å². The van der Waals surface area contributed by atoms with Crippen LogP contribution in [0.4, 0.5) is 0 Å². The van der Waals surface area contributed by atoms with Crippen LogP contribution in [0.3, 0.4) is 0 Å². The van der Waals surface area contributed by atoms with Gasteiger partial charge in [-0.15, -0.1) is 5.10 Å². The van der Waals surface area contributed by atoms with Gasteiger partial charge in [0.1, 0.15) is 24.6 Å². The molecule has 1 aromatic rings. The van der Waals surface area contributed by atoms with Gasteiger partial charge in [0.25, 0.3) is 5.91 Å². The molecule has 1 aliphatic rings. The Hall–Kier alpha value is -1.62. The summed E-state index contributed by atoms with van der Waals surface area (Å²) in [5.41, 5.74) is 5.00. The average molecular weight is 334 g/mol. The van der Waals surface area contributed by atoms with Crippen LogP contribution in [0.5, 0.6) is 0 Å². The number of ether oxygens (including phenoxy) is 1. The van der Waals surface area contributed by atoms with Gasteiger partial charge in [0.05, 0.1) is 0 Å². The van der Waals surface area contributed by atoms with E-state index in [1.807, 2.05) is 0 Å². The van der Waals surface area contributed by atoms with E-state index in [-0.39, 0.29) is 11.1 Å². The number of carbonyl (C=O) groups is 1. The predicted octanol–water partition coefficient (Wildman–Crippen LogP) is -1.92. The molecule has 2 heterocycles. The second-order valence-corrected chi connectivity index (χ2v) is 6.53. The van der Waals surface area contributed by atoms with Gasteiger partial charge in [0.15, 0.2) is 6.23 Å². The summed E-state index contributed by atoms with van der Waals surface area (Å²) in [4.78, 5) is 32.6. The Morgan fingerprint density at radius 3 is 2.59 bits per heavy atom. The monoisotopic (exact) mass is 334 g/mol. The second-order valence-electron chi connectivity index (χ2n) is 4.74. The van der Waals surface area contributed by atoms with Crippen molar-refractivity contribution in [1.29, 1.82) is 0 Å². The first-order valence-corrected chi connectivity index (χ1v) is 7.69. The van der Waals surface area contributed by atoms with Crippen LogP contribution in [-0.2, 0) is 9.30 Å². The number of primary amides is 1.